The van der Waals surface area contributed by atoms with Crippen LogP contribution in [0, 0.1) is 6.92 Å². The van der Waals surface area contributed by atoms with Crippen molar-refractivity contribution in [1.29, 1.82) is 0 Å². The van der Waals surface area contributed by atoms with E-state index in [0.717, 1.165) is 36.5 Å². The lowest BCUT2D eigenvalue weighted by Crippen LogP contribution is -2.52. The van der Waals surface area contributed by atoms with Crippen LogP contribution in [0.4, 0.5) is 0 Å². The molecule has 21 heavy (non-hydrogen) atoms. The van der Waals surface area contributed by atoms with Crippen molar-refractivity contribution in [3.05, 3.63) is 29.3 Å². The van der Waals surface area contributed by atoms with E-state index in [9.17, 15) is 4.79 Å². The molecular weight excluding hydrogens is 264 g/mol. The quantitative estimate of drug-likeness (QED) is 0.925. The second-order valence-electron chi connectivity index (χ2n) is 6.18. The van der Waals surface area contributed by atoms with Gasteiger partial charge in [-0.15, -0.1) is 0 Å². The Bertz CT molecular complexity index is 500. The van der Waals surface area contributed by atoms with E-state index in [1.54, 1.807) is 0 Å². The number of hydrogen-bond acceptors (Lipinski definition) is 3. The Hall–Kier alpha value is -1.55. The molecule has 1 atom stereocenters. The van der Waals surface area contributed by atoms with Gasteiger partial charge < -0.3 is 15.0 Å². The standard InChI is InChI=1S/C17H26N2O2/c1-12(2)15-6-5-13(3)9-16(15)21-11-17(20)19-8-7-18-14(4)10-19/h5-6,9,12,14,18H,7-8,10-11H2,1-4H3. The predicted molar refractivity (Wildman–Crippen MR) is 84.8 cm³/mol. The Morgan fingerprint density at radius 3 is 2.90 bits per heavy atom. The molecule has 1 unspecified atom stereocenters. The molecule has 0 radical (unpaired) electrons. The average molecular weight is 290 g/mol. The molecule has 1 aromatic carbocycles. The lowest BCUT2D eigenvalue weighted by Gasteiger charge is -2.31. The number of ether oxygens (including phenoxy) is 1. The molecule has 1 amide bonds. The number of nitrogens with one attached hydrogen (secondary N) is 1. The number of amides is 1. The van der Waals surface area contributed by atoms with Crippen molar-refractivity contribution in [2.24, 2.45) is 0 Å². The zero-order valence-corrected chi connectivity index (χ0v) is 13.5. The maximum Gasteiger partial charge on any atom is 0.260 e. The molecule has 4 heteroatoms. The lowest BCUT2D eigenvalue weighted by atomic mass is 10.0. The zero-order chi connectivity index (χ0) is 15.4. The molecule has 0 saturated carbocycles. The van der Waals surface area contributed by atoms with Gasteiger partial charge in [-0.25, -0.2) is 0 Å². The minimum atomic E-state index is 0.0690. The van der Waals surface area contributed by atoms with Gasteiger partial charge in [-0.1, -0.05) is 26.0 Å². The molecular formula is C17H26N2O2. The van der Waals surface area contributed by atoms with E-state index in [1.165, 1.54) is 0 Å². The second kappa shape index (κ2) is 6.94. The molecule has 1 N–H and O–H groups in total. The maximum atomic E-state index is 12.3. The summed E-state index contributed by atoms with van der Waals surface area (Å²) in [6.07, 6.45) is 0. The number of carbonyl (C=O) groups is 1. The van der Waals surface area contributed by atoms with E-state index in [2.05, 4.69) is 38.2 Å². The smallest absolute Gasteiger partial charge is 0.260 e. The van der Waals surface area contributed by atoms with Crippen LogP contribution in [0.25, 0.3) is 0 Å². The van der Waals surface area contributed by atoms with Gasteiger partial charge in [0.15, 0.2) is 6.61 Å². The third-order valence-electron chi connectivity index (χ3n) is 3.86. The third-order valence-corrected chi connectivity index (χ3v) is 3.86. The fourth-order valence-electron chi connectivity index (χ4n) is 2.63. The molecule has 1 aliphatic rings. The third kappa shape index (κ3) is 4.21. The number of rotatable bonds is 4. The largest absolute Gasteiger partial charge is 0.483 e. The second-order valence-corrected chi connectivity index (χ2v) is 6.18. The summed E-state index contributed by atoms with van der Waals surface area (Å²) in [5.74, 6) is 1.29. The van der Waals surface area contributed by atoms with E-state index < -0.39 is 0 Å². The highest BCUT2D eigenvalue weighted by atomic mass is 16.5. The normalized spacial score (nSPS) is 18.9. The van der Waals surface area contributed by atoms with Crippen LogP contribution in [-0.2, 0) is 4.79 Å². The van der Waals surface area contributed by atoms with Gasteiger partial charge in [0.1, 0.15) is 5.75 Å². The highest BCUT2D eigenvalue weighted by molar-refractivity contribution is 5.78. The van der Waals surface area contributed by atoms with Crippen LogP contribution in [-0.4, -0.2) is 43.1 Å². The van der Waals surface area contributed by atoms with Crippen molar-refractivity contribution < 1.29 is 9.53 Å². The molecule has 1 saturated heterocycles. The van der Waals surface area contributed by atoms with E-state index in [1.807, 2.05) is 17.9 Å². The minimum absolute atomic E-state index is 0.0690. The van der Waals surface area contributed by atoms with Crippen LogP contribution in [0.3, 0.4) is 0 Å². The molecule has 4 nitrogen and oxygen atoms in total. The summed E-state index contributed by atoms with van der Waals surface area (Å²) in [5, 5.41) is 3.34. The maximum absolute atomic E-state index is 12.3. The van der Waals surface area contributed by atoms with E-state index in [4.69, 9.17) is 4.74 Å². The van der Waals surface area contributed by atoms with Crippen LogP contribution in [0.2, 0.25) is 0 Å². The highest BCUT2D eigenvalue weighted by Crippen LogP contribution is 2.27. The molecule has 1 aromatic rings. The van der Waals surface area contributed by atoms with Crippen molar-refractivity contribution in [1.82, 2.24) is 10.2 Å². The van der Waals surface area contributed by atoms with Crippen LogP contribution >= 0.6 is 0 Å². The Labute approximate surface area is 127 Å². The lowest BCUT2D eigenvalue weighted by molar-refractivity contribution is -0.134. The topological polar surface area (TPSA) is 41.6 Å². The molecule has 2 rings (SSSR count). The zero-order valence-electron chi connectivity index (χ0n) is 13.5. The first-order valence-corrected chi connectivity index (χ1v) is 7.72. The van der Waals surface area contributed by atoms with Gasteiger partial charge >= 0.3 is 0 Å². The molecule has 0 spiro atoms. The number of nitrogens with zero attached hydrogens (tertiary/aromatic N) is 1. The number of benzene rings is 1. The fourth-order valence-corrected chi connectivity index (χ4v) is 2.63. The van der Waals surface area contributed by atoms with E-state index >= 15 is 0 Å². The van der Waals surface area contributed by atoms with Crippen molar-refractivity contribution in [2.75, 3.05) is 26.2 Å². The van der Waals surface area contributed by atoms with Gasteiger partial charge in [0.2, 0.25) is 0 Å². The molecule has 0 bridgehead atoms. The van der Waals surface area contributed by atoms with Crippen molar-refractivity contribution in [3.63, 3.8) is 0 Å². The Kier molecular flexibility index (Phi) is 5.23. The molecule has 1 heterocycles. The Morgan fingerprint density at radius 1 is 1.48 bits per heavy atom. The van der Waals surface area contributed by atoms with Gasteiger partial charge in [0.25, 0.3) is 5.91 Å². The van der Waals surface area contributed by atoms with Crippen molar-refractivity contribution in [3.8, 4) is 5.75 Å². The fraction of sp³-hybridized carbons (Fsp3) is 0.588. The monoisotopic (exact) mass is 290 g/mol. The van der Waals surface area contributed by atoms with Gasteiger partial charge in [-0.05, 0) is 37.0 Å². The van der Waals surface area contributed by atoms with Gasteiger partial charge in [-0.3, -0.25) is 4.79 Å². The molecule has 116 valence electrons. The summed E-state index contributed by atoms with van der Waals surface area (Å²) in [6, 6.07) is 6.55. The number of piperazine rings is 1. The Balaban J connectivity index is 1.99. The Morgan fingerprint density at radius 2 is 2.24 bits per heavy atom. The number of hydrogen-bond donors (Lipinski definition) is 1. The minimum Gasteiger partial charge on any atom is -0.483 e. The predicted octanol–water partition coefficient (Wildman–Crippen LogP) is 2.32. The number of carbonyl (C=O) groups excluding carboxylic acids is 1. The van der Waals surface area contributed by atoms with Crippen LogP contribution in [0.15, 0.2) is 18.2 Å². The van der Waals surface area contributed by atoms with Gasteiger partial charge in [0, 0.05) is 25.7 Å². The van der Waals surface area contributed by atoms with E-state index in [0.29, 0.717) is 12.0 Å². The average Bonchev–Trinajstić information content (AvgIpc) is 2.44. The van der Waals surface area contributed by atoms with Gasteiger partial charge in [-0.2, -0.15) is 0 Å². The molecule has 0 aromatic heterocycles. The van der Waals surface area contributed by atoms with Gasteiger partial charge in [0.05, 0.1) is 0 Å². The first kappa shape index (κ1) is 15.8. The summed E-state index contributed by atoms with van der Waals surface area (Å²) in [5.41, 5.74) is 2.31. The van der Waals surface area contributed by atoms with Crippen LogP contribution < -0.4 is 10.1 Å². The molecule has 0 aliphatic carbocycles. The van der Waals surface area contributed by atoms with Crippen molar-refractivity contribution in [2.45, 2.75) is 39.7 Å². The summed E-state index contributed by atoms with van der Waals surface area (Å²) >= 11 is 0. The summed E-state index contributed by atoms with van der Waals surface area (Å²) in [4.78, 5) is 14.1. The van der Waals surface area contributed by atoms with Crippen LogP contribution in [0.1, 0.15) is 37.8 Å². The first-order chi connectivity index (χ1) is 9.97. The van der Waals surface area contributed by atoms with Crippen LogP contribution in [0.5, 0.6) is 5.75 Å². The summed E-state index contributed by atoms with van der Waals surface area (Å²) < 4.78 is 5.82. The molecule has 1 aliphatic heterocycles. The first-order valence-electron chi connectivity index (χ1n) is 7.72. The van der Waals surface area contributed by atoms with Crippen molar-refractivity contribution >= 4 is 5.91 Å². The summed E-state index contributed by atoms with van der Waals surface area (Å²) in [6.45, 7) is 10.9. The highest BCUT2D eigenvalue weighted by Gasteiger charge is 2.21. The number of aryl methyl sites for hydroxylation is 1. The SMILES string of the molecule is Cc1ccc(C(C)C)c(OCC(=O)N2CCNC(C)C2)c1. The molecule has 1 fully saturated rings. The van der Waals surface area contributed by atoms with E-state index in [-0.39, 0.29) is 12.5 Å². The summed E-state index contributed by atoms with van der Waals surface area (Å²) in [7, 11) is 0.